The van der Waals surface area contributed by atoms with Gasteiger partial charge in [0.1, 0.15) is 10.7 Å². The molecular formula is C8H12N2OS. The van der Waals surface area contributed by atoms with Gasteiger partial charge in [-0.2, -0.15) is 0 Å². The molecule has 0 aliphatic carbocycles. The van der Waals surface area contributed by atoms with Crippen LogP contribution in [0.4, 0.5) is 0 Å². The molecule has 1 heterocycles. The van der Waals surface area contributed by atoms with Crippen LogP contribution in [0.5, 0.6) is 0 Å². The first-order valence-corrected chi connectivity index (χ1v) is 4.83. The van der Waals surface area contributed by atoms with E-state index in [9.17, 15) is 4.79 Å². The standard InChI is InChI=1S/C8H12N2OS/c1-2-3-7(11)6-5-12-8(4-9)10-6/h5H,2-4,9H2,1H3. The van der Waals surface area contributed by atoms with E-state index in [0.29, 0.717) is 18.7 Å². The third-order valence-electron chi connectivity index (χ3n) is 1.49. The summed E-state index contributed by atoms with van der Waals surface area (Å²) in [4.78, 5) is 15.4. The highest BCUT2D eigenvalue weighted by atomic mass is 32.1. The lowest BCUT2D eigenvalue weighted by Crippen LogP contribution is -2.00. The van der Waals surface area contributed by atoms with Gasteiger partial charge in [0.25, 0.3) is 0 Å². The molecule has 4 heteroatoms. The number of carbonyl (C=O) groups excluding carboxylic acids is 1. The fourth-order valence-electron chi connectivity index (χ4n) is 0.888. The van der Waals surface area contributed by atoms with Crippen molar-refractivity contribution in [3.05, 3.63) is 16.1 Å². The molecule has 3 nitrogen and oxygen atoms in total. The zero-order valence-corrected chi connectivity index (χ0v) is 7.86. The van der Waals surface area contributed by atoms with Crippen LogP contribution in [-0.2, 0) is 6.54 Å². The molecule has 1 aromatic heterocycles. The van der Waals surface area contributed by atoms with Gasteiger partial charge >= 0.3 is 0 Å². The lowest BCUT2D eigenvalue weighted by atomic mass is 10.2. The van der Waals surface area contributed by atoms with Gasteiger partial charge in [-0.15, -0.1) is 11.3 Å². The van der Waals surface area contributed by atoms with Crippen molar-refractivity contribution >= 4 is 17.1 Å². The third kappa shape index (κ3) is 2.12. The van der Waals surface area contributed by atoms with Gasteiger partial charge in [0.05, 0.1) is 0 Å². The Morgan fingerprint density at radius 3 is 3.00 bits per heavy atom. The van der Waals surface area contributed by atoms with E-state index in [1.54, 1.807) is 5.38 Å². The van der Waals surface area contributed by atoms with E-state index in [4.69, 9.17) is 5.73 Å². The number of rotatable bonds is 4. The number of nitrogens with zero attached hydrogens (tertiary/aromatic N) is 1. The second-order valence-corrected chi connectivity index (χ2v) is 3.45. The Hall–Kier alpha value is -0.740. The van der Waals surface area contributed by atoms with Crippen LogP contribution in [0.25, 0.3) is 0 Å². The Bertz CT molecular complexity index is 270. The summed E-state index contributed by atoms with van der Waals surface area (Å²) in [6.45, 7) is 2.40. The number of Topliss-reactive ketones (excluding diaryl/α,β-unsaturated/α-hetero) is 1. The lowest BCUT2D eigenvalue weighted by Gasteiger charge is -1.91. The molecular weight excluding hydrogens is 172 g/mol. The van der Waals surface area contributed by atoms with E-state index in [1.165, 1.54) is 11.3 Å². The summed E-state index contributed by atoms with van der Waals surface area (Å²) >= 11 is 1.45. The van der Waals surface area contributed by atoms with Gasteiger partial charge in [-0.3, -0.25) is 4.79 Å². The number of hydrogen-bond acceptors (Lipinski definition) is 4. The SMILES string of the molecule is CCCC(=O)c1csc(CN)n1. The molecule has 0 atom stereocenters. The molecule has 0 fully saturated rings. The Morgan fingerprint density at radius 1 is 1.75 bits per heavy atom. The van der Waals surface area contributed by atoms with Gasteiger partial charge in [-0.05, 0) is 6.42 Å². The van der Waals surface area contributed by atoms with Gasteiger partial charge < -0.3 is 5.73 Å². The zero-order chi connectivity index (χ0) is 8.97. The summed E-state index contributed by atoms with van der Waals surface area (Å²) < 4.78 is 0. The summed E-state index contributed by atoms with van der Waals surface area (Å²) in [7, 11) is 0. The van der Waals surface area contributed by atoms with Gasteiger partial charge in [-0.25, -0.2) is 4.98 Å². The first-order chi connectivity index (χ1) is 5.77. The molecule has 1 rings (SSSR count). The minimum Gasteiger partial charge on any atom is -0.325 e. The number of aromatic nitrogens is 1. The monoisotopic (exact) mass is 184 g/mol. The molecule has 0 amide bonds. The molecule has 0 saturated carbocycles. The van der Waals surface area contributed by atoms with Crippen LogP contribution in [0, 0.1) is 0 Å². The largest absolute Gasteiger partial charge is 0.325 e. The quantitative estimate of drug-likeness (QED) is 0.723. The maximum absolute atomic E-state index is 11.3. The number of carbonyl (C=O) groups is 1. The third-order valence-corrected chi connectivity index (χ3v) is 2.36. The van der Waals surface area contributed by atoms with Crippen molar-refractivity contribution in [2.24, 2.45) is 5.73 Å². The van der Waals surface area contributed by atoms with Gasteiger partial charge in [-0.1, -0.05) is 6.92 Å². The van der Waals surface area contributed by atoms with Crippen LogP contribution in [0.2, 0.25) is 0 Å². The van der Waals surface area contributed by atoms with Crippen LogP contribution in [-0.4, -0.2) is 10.8 Å². The molecule has 0 radical (unpaired) electrons. The highest BCUT2D eigenvalue weighted by Crippen LogP contribution is 2.11. The van der Waals surface area contributed by atoms with Gasteiger partial charge in [0.15, 0.2) is 5.78 Å². The predicted molar refractivity (Wildman–Crippen MR) is 49.2 cm³/mol. The minimum atomic E-state index is 0.119. The van der Waals surface area contributed by atoms with Crippen LogP contribution < -0.4 is 5.73 Å². The average Bonchev–Trinajstić information content (AvgIpc) is 2.52. The maximum atomic E-state index is 11.3. The Morgan fingerprint density at radius 2 is 2.50 bits per heavy atom. The second-order valence-electron chi connectivity index (χ2n) is 2.50. The lowest BCUT2D eigenvalue weighted by molar-refractivity contribution is 0.0977. The summed E-state index contributed by atoms with van der Waals surface area (Å²) in [6, 6.07) is 0. The van der Waals surface area contributed by atoms with Crippen molar-refractivity contribution < 1.29 is 4.79 Å². The van der Waals surface area contributed by atoms with Crippen molar-refractivity contribution in [3.8, 4) is 0 Å². The fourth-order valence-corrected chi connectivity index (χ4v) is 1.57. The number of ketones is 1. The topological polar surface area (TPSA) is 56.0 Å². The number of hydrogen-bond donors (Lipinski definition) is 1. The Labute approximate surface area is 75.6 Å². The number of thiazole rings is 1. The van der Waals surface area contributed by atoms with Crippen LogP contribution in [0.15, 0.2) is 5.38 Å². The van der Waals surface area contributed by atoms with E-state index >= 15 is 0 Å². The summed E-state index contributed by atoms with van der Waals surface area (Å²) in [5.41, 5.74) is 5.95. The fraction of sp³-hybridized carbons (Fsp3) is 0.500. The molecule has 2 N–H and O–H groups in total. The van der Waals surface area contributed by atoms with Crippen LogP contribution in [0.3, 0.4) is 0 Å². The van der Waals surface area contributed by atoms with E-state index in [-0.39, 0.29) is 5.78 Å². The molecule has 0 saturated heterocycles. The molecule has 0 spiro atoms. The summed E-state index contributed by atoms with van der Waals surface area (Å²) in [5, 5.41) is 2.61. The zero-order valence-electron chi connectivity index (χ0n) is 7.04. The highest BCUT2D eigenvalue weighted by molar-refractivity contribution is 7.09. The van der Waals surface area contributed by atoms with E-state index < -0.39 is 0 Å². The van der Waals surface area contributed by atoms with Gasteiger partial charge in [0, 0.05) is 18.3 Å². The van der Waals surface area contributed by atoms with Crippen molar-refractivity contribution in [1.29, 1.82) is 0 Å². The normalized spacial score (nSPS) is 10.2. The van der Waals surface area contributed by atoms with Crippen molar-refractivity contribution in [3.63, 3.8) is 0 Å². The smallest absolute Gasteiger partial charge is 0.182 e. The molecule has 0 aliphatic heterocycles. The molecule has 0 aliphatic rings. The first kappa shape index (κ1) is 9.35. The molecule has 1 aromatic rings. The van der Waals surface area contributed by atoms with E-state index in [0.717, 1.165) is 11.4 Å². The van der Waals surface area contributed by atoms with Crippen LogP contribution in [0.1, 0.15) is 35.3 Å². The molecule has 66 valence electrons. The van der Waals surface area contributed by atoms with E-state index in [2.05, 4.69) is 4.98 Å². The summed E-state index contributed by atoms with van der Waals surface area (Å²) in [6.07, 6.45) is 1.45. The summed E-state index contributed by atoms with van der Waals surface area (Å²) in [5.74, 6) is 0.119. The Kier molecular flexibility index (Phi) is 3.37. The van der Waals surface area contributed by atoms with Crippen molar-refractivity contribution in [2.45, 2.75) is 26.3 Å². The van der Waals surface area contributed by atoms with E-state index in [1.807, 2.05) is 6.92 Å². The highest BCUT2D eigenvalue weighted by Gasteiger charge is 2.08. The molecule has 0 bridgehead atoms. The number of nitrogens with two attached hydrogens (primary N) is 1. The van der Waals surface area contributed by atoms with Crippen LogP contribution >= 0.6 is 11.3 Å². The minimum absolute atomic E-state index is 0.119. The second kappa shape index (κ2) is 4.33. The Balaban J connectivity index is 2.68. The predicted octanol–water partition coefficient (Wildman–Crippen LogP) is 1.58. The first-order valence-electron chi connectivity index (χ1n) is 3.95. The van der Waals surface area contributed by atoms with Crippen molar-refractivity contribution in [2.75, 3.05) is 0 Å². The van der Waals surface area contributed by atoms with Gasteiger partial charge in [0.2, 0.25) is 0 Å². The molecule has 0 aromatic carbocycles. The molecule has 0 unspecified atom stereocenters. The average molecular weight is 184 g/mol. The van der Waals surface area contributed by atoms with Crippen molar-refractivity contribution in [1.82, 2.24) is 4.98 Å². The maximum Gasteiger partial charge on any atom is 0.182 e. The molecule has 12 heavy (non-hydrogen) atoms.